The van der Waals surface area contributed by atoms with E-state index >= 15 is 0 Å². The minimum atomic E-state index is -4.20. The van der Waals surface area contributed by atoms with Gasteiger partial charge in [-0.15, -0.1) is 0 Å². The number of aromatic nitrogens is 1. The fourth-order valence-corrected chi connectivity index (χ4v) is 0.831. The molecule has 6 heteroatoms. The average Bonchev–Trinajstić information content (AvgIpc) is 2.06. The van der Waals surface area contributed by atoms with E-state index in [2.05, 4.69) is 4.98 Å². The molecular formula is C8H7ClF3NO. The Labute approximate surface area is 83.7 Å². The largest absolute Gasteiger partial charge is 0.477 e. The summed E-state index contributed by atoms with van der Waals surface area (Å²) in [6.45, 7) is -0.432. The molecule has 1 rings (SSSR count). The molecule has 0 unspecified atom stereocenters. The van der Waals surface area contributed by atoms with Crippen LogP contribution in [0.3, 0.4) is 0 Å². The van der Waals surface area contributed by atoms with Crippen molar-refractivity contribution in [3.63, 3.8) is 0 Å². The first kappa shape index (κ1) is 11.1. The van der Waals surface area contributed by atoms with Crippen LogP contribution in [0.25, 0.3) is 0 Å². The predicted octanol–water partition coefficient (Wildman–Crippen LogP) is 3.07. The van der Waals surface area contributed by atoms with E-state index in [-0.39, 0.29) is 5.88 Å². The van der Waals surface area contributed by atoms with Crippen molar-refractivity contribution in [1.82, 2.24) is 4.98 Å². The summed E-state index contributed by atoms with van der Waals surface area (Å²) in [4.78, 5) is 3.68. The van der Waals surface area contributed by atoms with Gasteiger partial charge in [-0.2, -0.15) is 13.2 Å². The molecule has 1 heterocycles. The quantitative estimate of drug-likeness (QED) is 0.789. The Morgan fingerprint density at radius 3 is 2.57 bits per heavy atom. The lowest BCUT2D eigenvalue weighted by Crippen LogP contribution is -2.13. The number of nitrogens with zero attached hydrogens (tertiary/aromatic N) is 1. The van der Waals surface area contributed by atoms with Gasteiger partial charge in [0.2, 0.25) is 5.88 Å². The number of hydrogen-bond donors (Lipinski definition) is 0. The Kier molecular flexibility index (Phi) is 3.57. The SMILES string of the molecule is FC(F)(F)CCOc1ccc(Cl)cn1. The molecule has 2 nitrogen and oxygen atoms in total. The molecule has 78 valence electrons. The van der Waals surface area contributed by atoms with Crippen LogP contribution in [0.5, 0.6) is 5.88 Å². The lowest BCUT2D eigenvalue weighted by Gasteiger charge is -2.07. The molecule has 0 saturated carbocycles. The number of hydrogen-bond acceptors (Lipinski definition) is 2. The van der Waals surface area contributed by atoms with Crippen LogP contribution in [0.4, 0.5) is 13.2 Å². The second-order valence-electron chi connectivity index (χ2n) is 2.53. The number of pyridine rings is 1. The highest BCUT2D eigenvalue weighted by Crippen LogP contribution is 2.20. The minimum Gasteiger partial charge on any atom is -0.477 e. The molecule has 14 heavy (non-hydrogen) atoms. The lowest BCUT2D eigenvalue weighted by molar-refractivity contribution is -0.139. The summed E-state index contributed by atoms with van der Waals surface area (Å²) in [6.07, 6.45) is -3.88. The Bertz CT molecular complexity index is 286. The smallest absolute Gasteiger partial charge is 0.392 e. The fourth-order valence-electron chi connectivity index (χ4n) is 0.719. The molecule has 1 aromatic heterocycles. The van der Waals surface area contributed by atoms with Gasteiger partial charge in [-0.05, 0) is 6.07 Å². The van der Waals surface area contributed by atoms with E-state index in [4.69, 9.17) is 16.3 Å². The van der Waals surface area contributed by atoms with Crippen molar-refractivity contribution in [3.8, 4) is 5.88 Å². The van der Waals surface area contributed by atoms with Crippen LogP contribution in [0.2, 0.25) is 5.02 Å². The van der Waals surface area contributed by atoms with Gasteiger partial charge in [0.1, 0.15) is 0 Å². The maximum atomic E-state index is 11.7. The van der Waals surface area contributed by atoms with E-state index in [0.29, 0.717) is 5.02 Å². The van der Waals surface area contributed by atoms with Crippen molar-refractivity contribution in [2.45, 2.75) is 12.6 Å². The summed E-state index contributed by atoms with van der Waals surface area (Å²) >= 11 is 5.52. The van der Waals surface area contributed by atoms with Gasteiger partial charge in [0.15, 0.2) is 0 Å². The molecule has 0 aliphatic carbocycles. The average molecular weight is 226 g/mol. The Hall–Kier alpha value is -0.970. The molecule has 0 aromatic carbocycles. The maximum Gasteiger partial charge on any atom is 0.392 e. The lowest BCUT2D eigenvalue weighted by atomic mass is 10.4. The van der Waals surface area contributed by atoms with Crippen molar-refractivity contribution in [2.24, 2.45) is 0 Å². The van der Waals surface area contributed by atoms with Crippen LogP contribution in [0.15, 0.2) is 18.3 Å². The maximum absolute atomic E-state index is 11.7. The van der Waals surface area contributed by atoms with E-state index in [1.54, 1.807) is 0 Å². The zero-order valence-corrected chi connectivity index (χ0v) is 7.77. The van der Waals surface area contributed by atoms with Gasteiger partial charge < -0.3 is 4.74 Å². The highest BCUT2D eigenvalue weighted by atomic mass is 35.5. The third kappa shape index (κ3) is 4.32. The predicted molar refractivity (Wildman–Crippen MR) is 45.4 cm³/mol. The van der Waals surface area contributed by atoms with E-state index in [0.717, 1.165) is 0 Å². The first-order chi connectivity index (χ1) is 6.47. The normalized spacial score (nSPS) is 11.4. The minimum absolute atomic E-state index is 0.138. The van der Waals surface area contributed by atoms with Crippen LogP contribution in [-0.2, 0) is 0 Å². The van der Waals surface area contributed by atoms with Crippen LogP contribution in [0, 0.1) is 0 Å². The van der Waals surface area contributed by atoms with Gasteiger partial charge in [-0.25, -0.2) is 4.98 Å². The molecule has 0 atom stereocenters. The first-order valence-corrected chi connectivity index (χ1v) is 4.16. The van der Waals surface area contributed by atoms with E-state index < -0.39 is 19.2 Å². The Balaban J connectivity index is 2.35. The van der Waals surface area contributed by atoms with E-state index in [1.807, 2.05) is 0 Å². The van der Waals surface area contributed by atoms with Crippen molar-refractivity contribution in [3.05, 3.63) is 23.4 Å². The van der Waals surface area contributed by atoms with Crippen LogP contribution in [0.1, 0.15) is 6.42 Å². The third-order valence-corrected chi connectivity index (χ3v) is 1.56. The molecule has 0 amide bonds. The highest BCUT2D eigenvalue weighted by molar-refractivity contribution is 6.30. The molecule has 0 N–H and O–H groups in total. The third-order valence-electron chi connectivity index (χ3n) is 1.34. The second-order valence-corrected chi connectivity index (χ2v) is 2.96. The monoisotopic (exact) mass is 225 g/mol. The van der Waals surface area contributed by atoms with Crippen LogP contribution >= 0.6 is 11.6 Å². The summed E-state index contributed by atoms with van der Waals surface area (Å²) in [5.41, 5.74) is 0. The standard InChI is InChI=1S/C8H7ClF3NO/c9-6-1-2-7(13-5-6)14-4-3-8(10,11)12/h1-2,5H,3-4H2. The molecule has 0 radical (unpaired) electrons. The van der Waals surface area contributed by atoms with Gasteiger partial charge in [0.25, 0.3) is 0 Å². The molecule has 0 spiro atoms. The zero-order valence-electron chi connectivity index (χ0n) is 7.01. The second kappa shape index (κ2) is 4.50. The number of halogens is 4. The molecule has 1 aromatic rings. The van der Waals surface area contributed by atoms with Crippen LogP contribution in [-0.4, -0.2) is 17.8 Å². The molecule has 0 fully saturated rings. The highest BCUT2D eigenvalue weighted by Gasteiger charge is 2.26. The van der Waals surface area contributed by atoms with E-state index in [1.165, 1.54) is 18.3 Å². The zero-order chi connectivity index (χ0) is 10.6. The van der Waals surface area contributed by atoms with Gasteiger partial charge >= 0.3 is 6.18 Å². The number of ether oxygens (including phenoxy) is 1. The summed E-state index contributed by atoms with van der Waals surface area (Å²) in [6, 6.07) is 2.91. The summed E-state index contributed by atoms with van der Waals surface area (Å²) in [5, 5.41) is 0.410. The topological polar surface area (TPSA) is 22.1 Å². The van der Waals surface area contributed by atoms with Crippen molar-refractivity contribution < 1.29 is 17.9 Å². The summed E-state index contributed by atoms with van der Waals surface area (Å²) < 4.78 is 39.9. The molecule has 0 bridgehead atoms. The van der Waals surface area contributed by atoms with Crippen molar-refractivity contribution in [2.75, 3.05) is 6.61 Å². The molecular weight excluding hydrogens is 219 g/mol. The summed E-state index contributed by atoms with van der Waals surface area (Å²) in [7, 11) is 0. The molecule has 0 saturated heterocycles. The Morgan fingerprint density at radius 1 is 1.36 bits per heavy atom. The Morgan fingerprint density at radius 2 is 2.07 bits per heavy atom. The molecule has 0 aliphatic heterocycles. The van der Waals surface area contributed by atoms with E-state index in [9.17, 15) is 13.2 Å². The van der Waals surface area contributed by atoms with Gasteiger partial charge in [-0.1, -0.05) is 11.6 Å². The molecule has 0 aliphatic rings. The van der Waals surface area contributed by atoms with Gasteiger partial charge in [0.05, 0.1) is 18.1 Å². The fraction of sp³-hybridized carbons (Fsp3) is 0.375. The number of alkyl halides is 3. The van der Waals surface area contributed by atoms with Gasteiger partial charge in [0, 0.05) is 12.3 Å². The number of rotatable bonds is 3. The van der Waals surface area contributed by atoms with Gasteiger partial charge in [-0.3, -0.25) is 0 Å². The first-order valence-electron chi connectivity index (χ1n) is 3.78. The van der Waals surface area contributed by atoms with Crippen LogP contribution < -0.4 is 4.74 Å². The summed E-state index contributed by atoms with van der Waals surface area (Å²) in [5.74, 6) is 0.138. The van der Waals surface area contributed by atoms with Crippen molar-refractivity contribution >= 4 is 11.6 Å². The van der Waals surface area contributed by atoms with Crippen molar-refractivity contribution in [1.29, 1.82) is 0 Å².